The van der Waals surface area contributed by atoms with Crippen molar-refractivity contribution in [2.75, 3.05) is 6.54 Å². The monoisotopic (exact) mass is 505 g/mol. The molecule has 3 aromatic rings. The Morgan fingerprint density at radius 2 is 1.95 bits per heavy atom. The van der Waals surface area contributed by atoms with E-state index in [0.29, 0.717) is 17.9 Å². The molecular weight excluding hydrogens is 478 g/mol. The summed E-state index contributed by atoms with van der Waals surface area (Å²) in [6, 6.07) is 11.4. The van der Waals surface area contributed by atoms with E-state index in [9.17, 15) is 19.2 Å². The number of hydrogen-bond donors (Lipinski definition) is 1. The summed E-state index contributed by atoms with van der Waals surface area (Å²) in [6.45, 7) is 6.32. The number of nitrogens with zero attached hydrogens (tertiary/aromatic N) is 2. The normalized spacial score (nSPS) is 17.9. The van der Waals surface area contributed by atoms with Crippen molar-refractivity contribution in [1.29, 1.82) is 0 Å². The Kier molecular flexibility index (Phi) is 5.77. The summed E-state index contributed by atoms with van der Waals surface area (Å²) in [6.07, 6.45) is -0.773. The minimum atomic E-state index is -1.84. The van der Waals surface area contributed by atoms with Crippen LogP contribution in [0.2, 0.25) is 0 Å². The highest BCUT2D eigenvalue weighted by molar-refractivity contribution is 5.89. The fraction of sp³-hybridized carbons (Fsp3) is 0.370. The number of benzene rings is 1. The minimum absolute atomic E-state index is 0.0257. The highest BCUT2D eigenvalue weighted by Crippen LogP contribution is 2.40. The van der Waals surface area contributed by atoms with Crippen LogP contribution in [0, 0.1) is 0 Å². The summed E-state index contributed by atoms with van der Waals surface area (Å²) in [4.78, 5) is 56.1. The number of cyclic esters (lactones) is 1. The van der Waals surface area contributed by atoms with Crippen LogP contribution < -0.4 is 10.9 Å². The summed E-state index contributed by atoms with van der Waals surface area (Å²) in [5.41, 5.74) is 0.443. The predicted molar refractivity (Wildman–Crippen MR) is 133 cm³/mol. The van der Waals surface area contributed by atoms with E-state index in [2.05, 4.69) is 5.32 Å². The van der Waals surface area contributed by atoms with Crippen LogP contribution in [0.1, 0.15) is 50.8 Å². The van der Waals surface area contributed by atoms with E-state index < -0.39 is 35.8 Å². The van der Waals surface area contributed by atoms with Gasteiger partial charge in [0.2, 0.25) is 5.60 Å². The van der Waals surface area contributed by atoms with Gasteiger partial charge < -0.3 is 24.1 Å². The average molecular weight is 506 g/mol. The Morgan fingerprint density at radius 3 is 2.68 bits per heavy atom. The molecule has 0 saturated heterocycles. The molecule has 0 saturated carbocycles. The SMILES string of the molecule is CC[C@]1(OC(=O)CNC(=O)OC(C)(C)C)C(=O)OCc2c1cc1n(c2=O)Cc2cc3ccccc3nc2-1. The van der Waals surface area contributed by atoms with Gasteiger partial charge in [-0.3, -0.25) is 9.59 Å². The average Bonchev–Trinajstić information content (AvgIpc) is 3.20. The number of carbonyl (C=O) groups is 3. The second-order valence-electron chi connectivity index (χ2n) is 10.1. The van der Waals surface area contributed by atoms with Gasteiger partial charge in [0.1, 0.15) is 18.8 Å². The van der Waals surface area contributed by atoms with Gasteiger partial charge in [-0.2, -0.15) is 0 Å². The van der Waals surface area contributed by atoms with Crippen molar-refractivity contribution in [2.24, 2.45) is 0 Å². The molecule has 10 nitrogen and oxygen atoms in total. The van der Waals surface area contributed by atoms with E-state index in [0.717, 1.165) is 16.5 Å². The molecule has 192 valence electrons. The minimum Gasteiger partial charge on any atom is -0.457 e. The van der Waals surface area contributed by atoms with E-state index in [1.807, 2.05) is 30.3 Å². The van der Waals surface area contributed by atoms with Crippen molar-refractivity contribution in [2.45, 2.75) is 58.5 Å². The van der Waals surface area contributed by atoms with E-state index in [-0.39, 0.29) is 29.7 Å². The predicted octanol–water partition coefficient (Wildman–Crippen LogP) is 3.16. The molecule has 2 aromatic heterocycles. The van der Waals surface area contributed by atoms with E-state index in [4.69, 9.17) is 19.2 Å². The molecule has 0 aliphatic carbocycles. The Labute approximate surface area is 212 Å². The molecule has 1 aromatic carbocycles. The molecule has 1 amide bonds. The van der Waals surface area contributed by atoms with Gasteiger partial charge in [-0.05, 0) is 45.4 Å². The lowest BCUT2D eigenvalue weighted by atomic mass is 9.85. The number of ether oxygens (including phenoxy) is 3. The zero-order valence-electron chi connectivity index (χ0n) is 21.0. The van der Waals surface area contributed by atoms with Crippen molar-refractivity contribution >= 4 is 28.9 Å². The molecule has 0 radical (unpaired) electrons. The van der Waals surface area contributed by atoms with Crippen molar-refractivity contribution in [3.63, 3.8) is 0 Å². The first-order chi connectivity index (χ1) is 17.5. The van der Waals surface area contributed by atoms with Crippen LogP contribution in [0.4, 0.5) is 4.79 Å². The topological polar surface area (TPSA) is 126 Å². The standard InChI is InChI=1S/C27H27N3O7/c1-5-27(36-21(31)12-28-25(34)37-26(2,3)4)18-11-20-22-16(10-15-8-6-7-9-19(15)29-22)13-30(20)23(32)17(18)14-35-24(27)33/h6-11H,5,12-14H2,1-4H3,(H,28,34)/t27-/m1/s1. The lowest BCUT2D eigenvalue weighted by Crippen LogP contribution is -2.49. The van der Waals surface area contributed by atoms with E-state index in [1.54, 1.807) is 38.3 Å². The zero-order valence-corrected chi connectivity index (χ0v) is 21.0. The molecule has 0 unspecified atom stereocenters. The lowest BCUT2D eigenvalue weighted by molar-refractivity contribution is -0.188. The second kappa shape index (κ2) is 8.72. The smallest absolute Gasteiger partial charge is 0.408 e. The molecular formula is C27H27N3O7. The number of hydrogen-bond acceptors (Lipinski definition) is 8. The van der Waals surface area contributed by atoms with Crippen LogP contribution in [0.15, 0.2) is 41.2 Å². The molecule has 1 N–H and O–H groups in total. The van der Waals surface area contributed by atoms with Gasteiger partial charge >= 0.3 is 18.0 Å². The maximum atomic E-state index is 13.5. The van der Waals surface area contributed by atoms with E-state index in [1.165, 1.54) is 0 Å². The summed E-state index contributed by atoms with van der Waals surface area (Å²) < 4.78 is 17.7. The summed E-state index contributed by atoms with van der Waals surface area (Å²) in [5, 5.41) is 3.29. The van der Waals surface area contributed by atoms with E-state index >= 15 is 0 Å². The Bertz CT molecular complexity index is 1520. The lowest BCUT2D eigenvalue weighted by Gasteiger charge is -2.35. The molecule has 0 spiro atoms. The molecule has 1 atom stereocenters. The zero-order chi connectivity index (χ0) is 26.5. The van der Waals surface area contributed by atoms with Crippen LogP contribution in [0.25, 0.3) is 22.3 Å². The van der Waals surface area contributed by atoms with Crippen molar-refractivity contribution in [3.8, 4) is 11.4 Å². The molecule has 10 heteroatoms. The number of para-hydroxylation sites is 1. The molecule has 37 heavy (non-hydrogen) atoms. The molecule has 4 heterocycles. The largest absolute Gasteiger partial charge is 0.457 e. The van der Waals surface area contributed by atoms with Gasteiger partial charge in [-0.1, -0.05) is 25.1 Å². The Morgan fingerprint density at radius 1 is 1.19 bits per heavy atom. The fourth-order valence-electron chi connectivity index (χ4n) is 4.77. The Hall–Kier alpha value is -4.21. The second-order valence-corrected chi connectivity index (χ2v) is 10.1. The number of carbonyl (C=O) groups excluding carboxylic acids is 3. The third-order valence-corrected chi connectivity index (χ3v) is 6.45. The van der Waals surface area contributed by atoms with Gasteiger partial charge in [0.05, 0.1) is 29.0 Å². The highest BCUT2D eigenvalue weighted by Gasteiger charge is 2.50. The first kappa shape index (κ1) is 24.5. The van der Waals surface area contributed by atoms with Crippen LogP contribution >= 0.6 is 0 Å². The number of pyridine rings is 2. The molecule has 0 bridgehead atoms. The van der Waals surface area contributed by atoms with Gasteiger partial charge in [-0.15, -0.1) is 0 Å². The molecule has 2 aliphatic rings. The quantitative estimate of drug-likeness (QED) is 0.331. The summed E-state index contributed by atoms with van der Waals surface area (Å²) in [5.74, 6) is -1.65. The number of amides is 1. The van der Waals surface area contributed by atoms with Crippen LogP contribution in [-0.4, -0.2) is 39.7 Å². The number of alkyl carbamates (subject to hydrolysis) is 1. The summed E-state index contributed by atoms with van der Waals surface area (Å²) >= 11 is 0. The first-order valence-electron chi connectivity index (χ1n) is 12.0. The third-order valence-electron chi connectivity index (χ3n) is 6.45. The highest BCUT2D eigenvalue weighted by atomic mass is 16.6. The molecule has 5 rings (SSSR count). The maximum absolute atomic E-state index is 13.5. The number of aromatic nitrogens is 2. The number of nitrogens with one attached hydrogen (secondary N) is 1. The van der Waals surface area contributed by atoms with Crippen molar-refractivity contribution < 1.29 is 28.6 Å². The number of rotatable bonds is 4. The Balaban J connectivity index is 1.52. The van der Waals surface area contributed by atoms with Crippen molar-refractivity contribution in [3.05, 3.63) is 63.4 Å². The number of fused-ring (bicyclic) bond motifs is 5. The number of esters is 2. The summed E-state index contributed by atoms with van der Waals surface area (Å²) in [7, 11) is 0. The van der Waals surface area contributed by atoms with Crippen LogP contribution in [0.5, 0.6) is 0 Å². The maximum Gasteiger partial charge on any atom is 0.408 e. The molecule has 0 fully saturated rings. The third kappa shape index (κ3) is 4.22. The van der Waals surface area contributed by atoms with Gasteiger partial charge in [0.25, 0.3) is 5.56 Å². The first-order valence-corrected chi connectivity index (χ1v) is 12.0. The van der Waals surface area contributed by atoms with Crippen LogP contribution in [-0.2, 0) is 42.6 Å². The van der Waals surface area contributed by atoms with Gasteiger partial charge in [0, 0.05) is 16.5 Å². The van der Waals surface area contributed by atoms with Crippen molar-refractivity contribution in [1.82, 2.24) is 14.9 Å². The molecule has 2 aliphatic heterocycles. The van der Waals surface area contributed by atoms with Gasteiger partial charge in [-0.25, -0.2) is 14.6 Å². The van der Waals surface area contributed by atoms with Crippen LogP contribution in [0.3, 0.4) is 0 Å². The fourth-order valence-corrected chi connectivity index (χ4v) is 4.77. The van der Waals surface area contributed by atoms with Gasteiger partial charge in [0.15, 0.2) is 0 Å².